The van der Waals surface area contributed by atoms with Crippen LogP contribution in [0.2, 0.25) is 0 Å². The Morgan fingerprint density at radius 1 is 1.14 bits per heavy atom. The molecule has 0 bridgehead atoms. The van der Waals surface area contributed by atoms with Crippen molar-refractivity contribution in [3.05, 3.63) is 29.3 Å². The van der Waals surface area contributed by atoms with Gasteiger partial charge in [0, 0.05) is 5.92 Å². The predicted molar refractivity (Wildman–Crippen MR) is 80.1 cm³/mol. The Bertz CT molecular complexity index is 570. The third-order valence-electron chi connectivity index (χ3n) is 6.63. The molecule has 2 fully saturated rings. The number of aromatic hydroxyl groups is 1. The summed E-state index contributed by atoms with van der Waals surface area (Å²) in [5.41, 5.74) is 2.30. The number of hydrogen-bond donors (Lipinski definition) is 3. The van der Waals surface area contributed by atoms with E-state index in [4.69, 9.17) is 0 Å². The van der Waals surface area contributed by atoms with E-state index in [1.165, 1.54) is 11.1 Å². The molecule has 4 rings (SSSR count). The zero-order chi connectivity index (χ0) is 14.8. The molecule has 0 amide bonds. The number of phenolic OH excluding ortho intramolecular Hbond substituents is 1. The van der Waals surface area contributed by atoms with Crippen molar-refractivity contribution >= 4 is 0 Å². The van der Waals surface area contributed by atoms with Crippen LogP contribution in [0.5, 0.6) is 5.75 Å². The van der Waals surface area contributed by atoms with Gasteiger partial charge in [-0.3, -0.25) is 0 Å². The van der Waals surface area contributed by atoms with Crippen LogP contribution in [0.1, 0.15) is 49.7 Å². The van der Waals surface area contributed by atoms with Crippen LogP contribution in [0.25, 0.3) is 0 Å². The number of aliphatic hydroxyl groups is 2. The monoisotopic (exact) mass is 288 g/mol. The van der Waals surface area contributed by atoms with Crippen molar-refractivity contribution in [2.75, 3.05) is 0 Å². The van der Waals surface area contributed by atoms with Crippen molar-refractivity contribution < 1.29 is 15.3 Å². The Kier molecular flexibility index (Phi) is 2.89. The number of hydrogen-bond acceptors (Lipinski definition) is 3. The van der Waals surface area contributed by atoms with Crippen molar-refractivity contribution in [2.24, 2.45) is 17.3 Å². The second-order valence-corrected chi connectivity index (χ2v) is 7.59. The topological polar surface area (TPSA) is 60.7 Å². The lowest BCUT2D eigenvalue weighted by atomic mass is 9.54. The first-order valence-corrected chi connectivity index (χ1v) is 8.18. The molecule has 3 aliphatic carbocycles. The maximum Gasteiger partial charge on any atom is 0.115 e. The van der Waals surface area contributed by atoms with Gasteiger partial charge in [0.25, 0.3) is 0 Å². The fourth-order valence-corrected chi connectivity index (χ4v) is 5.62. The highest BCUT2D eigenvalue weighted by Gasteiger charge is 2.57. The molecule has 0 radical (unpaired) electrons. The van der Waals surface area contributed by atoms with E-state index in [1.807, 2.05) is 12.1 Å². The third kappa shape index (κ3) is 1.80. The number of aryl methyl sites for hydroxylation is 1. The molecule has 1 aromatic carbocycles. The van der Waals surface area contributed by atoms with Gasteiger partial charge in [-0.1, -0.05) is 13.0 Å². The van der Waals surface area contributed by atoms with Gasteiger partial charge in [0.05, 0.1) is 12.2 Å². The van der Waals surface area contributed by atoms with Gasteiger partial charge in [-0.2, -0.15) is 0 Å². The molecule has 0 unspecified atom stereocenters. The summed E-state index contributed by atoms with van der Waals surface area (Å²) in [6.07, 6.45) is 4.04. The summed E-state index contributed by atoms with van der Waals surface area (Å²) in [6, 6.07) is 5.60. The number of aliphatic hydroxyl groups excluding tert-OH is 2. The second-order valence-electron chi connectivity index (χ2n) is 7.59. The molecule has 0 saturated heterocycles. The largest absolute Gasteiger partial charge is 0.508 e. The first-order chi connectivity index (χ1) is 10.0. The van der Waals surface area contributed by atoms with Crippen LogP contribution >= 0.6 is 0 Å². The van der Waals surface area contributed by atoms with E-state index in [9.17, 15) is 15.3 Å². The number of phenols is 1. The van der Waals surface area contributed by atoms with Crippen LogP contribution in [0.15, 0.2) is 18.2 Å². The second kappa shape index (κ2) is 4.47. The lowest BCUT2D eigenvalue weighted by Gasteiger charge is -2.52. The Labute approximate surface area is 125 Å². The summed E-state index contributed by atoms with van der Waals surface area (Å²) < 4.78 is 0. The molecule has 6 atom stereocenters. The van der Waals surface area contributed by atoms with Crippen LogP contribution in [0.3, 0.4) is 0 Å². The highest BCUT2D eigenvalue weighted by atomic mass is 16.3. The molecule has 0 aliphatic heterocycles. The van der Waals surface area contributed by atoms with E-state index >= 15 is 0 Å². The van der Waals surface area contributed by atoms with Crippen LogP contribution in [0, 0.1) is 17.3 Å². The molecule has 114 valence electrons. The minimum atomic E-state index is -0.382. The van der Waals surface area contributed by atoms with E-state index in [-0.39, 0.29) is 23.5 Å². The van der Waals surface area contributed by atoms with E-state index in [0.29, 0.717) is 24.0 Å². The summed E-state index contributed by atoms with van der Waals surface area (Å²) in [4.78, 5) is 0. The number of rotatable bonds is 0. The summed E-state index contributed by atoms with van der Waals surface area (Å²) in [5.74, 6) is 1.48. The van der Waals surface area contributed by atoms with Gasteiger partial charge >= 0.3 is 0 Å². The summed E-state index contributed by atoms with van der Waals surface area (Å²) in [7, 11) is 0. The quantitative estimate of drug-likeness (QED) is 0.687. The van der Waals surface area contributed by atoms with Crippen LogP contribution in [-0.2, 0) is 6.42 Å². The Morgan fingerprint density at radius 2 is 1.95 bits per heavy atom. The van der Waals surface area contributed by atoms with Crippen LogP contribution in [0.4, 0.5) is 0 Å². The summed E-state index contributed by atoms with van der Waals surface area (Å²) >= 11 is 0. The zero-order valence-electron chi connectivity index (χ0n) is 12.5. The number of fused-ring (bicyclic) bond motifs is 5. The Morgan fingerprint density at radius 3 is 2.76 bits per heavy atom. The average Bonchev–Trinajstić information content (AvgIpc) is 2.74. The molecule has 2 saturated carbocycles. The normalized spacial score (nSPS) is 44.8. The number of benzene rings is 1. The minimum absolute atomic E-state index is 0.116. The maximum atomic E-state index is 10.8. The fraction of sp³-hybridized carbons (Fsp3) is 0.667. The van der Waals surface area contributed by atoms with Gasteiger partial charge in [0.1, 0.15) is 5.75 Å². The lowest BCUT2D eigenvalue weighted by molar-refractivity contribution is -0.0798. The average molecular weight is 288 g/mol. The molecular weight excluding hydrogens is 264 g/mol. The molecule has 1 aromatic rings. The van der Waals surface area contributed by atoms with E-state index in [1.54, 1.807) is 6.07 Å². The first-order valence-electron chi connectivity index (χ1n) is 8.18. The summed E-state index contributed by atoms with van der Waals surface area (Å²) in [5, 5.41) is 30.8. The maximum absolute atomic E-state index is 10.8. The van der Waals surface area contributed by atoms with Crippen molar-refractivity contribution in [3.63, 3.8) is 0 Å². The molecule has 3 aliphatic rings. The van der Waals surface area contributed by atoms with Gasteiger partial charge in [-0.25, -0.2) is 0 Å². The third-order valence-corrected chi connectivity index (χ3v) is 6.63. The minimum Gasteiger partial charge on any atom is -0.508 e. The molecule has 21 heavy (non-hydrogen) atoms. The molecule has 3 nitrogen and oxygen atoms in total. The standard InChI is InChI=1S/C18H24O3/c1-18-9-15(20)17-12-5-3-11(19)8-10(12)2-4-13(17)14(18)6-7-16(18)21/h3,5,8,13-17,19-21H,2,4,6-7,9H2,1H3/t13-,14-,15-,16-,17+,18-/m1/s1. The highest BCUT2D eigenvalue weighted by molar-refractivity contribution is 5.40. The van der Waals surface area contributed by atoms with E-state index in [2.05, 4.69) is 6.92 Å². The van der Waals surface area contributed by atoms with Crippen LogP contribution < -0.4 is 0 Å². The van der Waals surface area contributed by atoms with Crippen molar-refractivity contribution in [1.29, 1.82) is 0 Å². The predicted octanol–water partition coefficient (Wildman–Crippen LogP) is 2.58. The molecular formula is C18H24O3. The first kappa shape index (κ1) is 13.6. The molecule has 0 spiro atoms. The van der Waals surface area contributed by atoms with E-state index in [0.717, 1.165) is 25.7 Å². The highest BCUT2D eigenvalue weighted by Crippen LogP contribution is 2.60. The van der Waals surface area contributed by atoms with Crippen LogP contribution in [-0.4, -0.2) is 27.5 Å². The van der Waals surface area contributed by atoms with E-state index < -0.39 is 0 Å². The SMILES string of the molecule is C[C@@]12C[C@@H](O)[C@H]3c4ccc(O)cc4CC[C@@H]3[C@H]1CC[C@H]2O. The molecule has 3 heteroatoms. The van der Waals surface area contributed by atoms with Gasteiger partial charge in [-0.05, 0) is 72.6 Å². The van der Waals surface area contributed by atoms with Gasteiger partial charge in [0.2, 0.25) is 0 Å². The Balaban J connectivity index is 1.76. The zero-order valence-corrected chi connectivity index (χ0v) is 12.5. The molecule has 0 heterocycles. The smallest absolute Gasteiger partial charge is 0.115 e. The lowest BCUT2D eigenvalue weighted by Crippen LogP contribution is -2.50. The van der Waals surface area contributed by atoms with Crippen molar-refractivity contribution in [3.8, 4) is 5.75 Å². The van der Waals surface area contributed by atoms with Gasteiger partial charge in [-0.15, -0.1) is 0 Å². The van der Waals surface area contributed by atoms with Crippen molar-refractivity contribution in [2.45, 2.75) is 57.2 Å². The molecule has 3 N–H and O–H groups in total. The molecule has 0 aromatic heterocycles. The van der Waals surface area contributed by atoms with Crippen molar-refractivity contribution in [1.82, 2.24) is 0 Å². The Hall–Kier alpha value is -1.06. The fourth-order valence-electron chi connectivity index (χ4n) is 5.62. The summed E-state index contributed by atoms with van der Waals surface area (Å²) in [6.45, 7) is 2.17. The van der Waals surface area contributed by atoms with Gasteiger partial charge in [0.15, 0.2) is 0 Å². The van der Waals surface area contributed by atoms with Gasteiger partial charge < -0.3 is 15.3 Å².